The maximum Gasteiger partial charge on any atom is 0.325 e. The Labute approximate surface area is 257 Å². The Bertz CT molecular complexity index is 1730. The molecule has 0 fully saturated rings. The van der Waals surface area contributed by atoms with Crippen molar-refractivity contribution in [3.05, 3.63) is 75.8 Å². The van der Waals surface area contributed by atoms with Gasteiger partial charge in [0.15, 0.2) is 11.4 Å². The number of phenolic OH excluding ortho intramolecular Hbond substituents is 1. The fourth-order valence-corrected chi connectivity index (χ4v) is 6.82. The molecule has 0 bridgehead atoms. The maximum atomic E-state index is 14.0. The number of nitrogens with two attached hydrogens (primary N) is 1. The Kier molecular flexibility index (Phi) is 8.02. The lowest BCUT2D eigenvalue weighted by molar-refractivity contribution is -0.148. The zero-order valence-corrected chi connectivity index (χ0v) is 24.8. The van der Waals surface area contributed by atoms with Gasteiger partial charge in [-0.3, -0.25) is 28.9 Å². The highest BCUT2D eigenvalue weighted by atomic mass is 16.5. The van der Waals surface area contributed by atoms with Gasteiger partial charge in [-0.05, 0) is 74.7 Å². The van der Waals surface area contributed by atoms with Gasteiger partial charge >= 0.3 is 5.97 Å². The summed E-state index contributed by atoms with van der Waals surface area (Å²) in [5.41, 5.74) is 3.02. The van der Waals surface area contributed by atoms with Crippen molar-refractivity contribution in [1.82, 2.24) is 10.2 Å². The number of rotatable bonds is 7. The summed E-state index contributed by atoms with van der Waals surface area (Å²) in [6.45, 7) is 1.49. The summed E-state index contributed by atoms with van der Waals surface area (Å²) in [6, 6.07) is 8.21. The molecule has 5 rings (SSSR count). The van der Waals surface area contributed by atoms with E-state index in [4.69, 9.17) is 10.5 Å². The third-order valence-electron chi connectivity index (χ3n) is 8.74. The number of allylic oxidation sites excluding steroid dienone is 1. The van der Waals surface area contributed by atoms with Crippen LogP contribution in [0.25, 0.3) is 11.1 Å². The molecule has 3 aliphatic rings. The predicted molar refractivity (Wildman–Crippen MR) is 158 cm³/mol. The smallest absolute Gasteiger partial charge is 0.325 e. The topological polar surface area (TPSA) is 217 Å². The lowest BCUT2D eigenvalue weighted by Gasteiger charge is -2.50. The van der Waals surface area contributed by atoms with E-state index in [0.717, 1.165) is 0 Å². The van der Waals surface area contributed by atoms with E-state index in [0.29, 0.717) is 16.7 Å². The molecule has 2 amide bonds. The van der Waals surface area contributed by atoms with Crippen LogP contribution in [-0.2, 0) is 25.5 Å². The first-order valence-electron chi connectivity index (χ1n) is 14.3. The molecular weight excluding hydrogens is 586 g/mol. The standard InChI is InChI=1S/C32H33N3O10/c1-4-45-21(37)13-34-31(43)15-7-5-6-14(10-15)17-8-9-20(36)23-18(17)11-16-12-19-25(35(2)3)27(39)24(30(33)42)29(41)32(19,44)28(40)22(16)26(23)38/h5-10,16,19,25,36,39-40,44H,4,11-13H2,1-3H3,(H2,33,42)(H,34,43)/t16-,19-,25-,32-/m0/s1. The molecule has 3 aliphatic carbocycles. The minimum atomic E-state index is -2.73. The maximum absolute atomic E-state index is 14.0. The first-order valence-corrected chi connectivity index (χ1v) is 14.3. The summed E-state index contributed by atoms with van der Waals surface area (Å²) in [7, 11) is 3.11. The Balaban J connectivity index is 1.59. The van der Waals surface area contributed by atoms with E-state index in [2.05, 4.69) is 5.32 Å². The molecule has 13 heteroatoms. The predicted octanol–water partition coefficient (Wildman–Crippen LogP) is 1.08. The number of esters is 1. The number of amides is 2. The van der Waals surface area contributed by atoms with Crippen LogP contribution < -0.4 is 11.1 Å². The molecule has 0 heterocycles. The second kappa shape index (κ2) is 11.5. The molecule has 0 unspecified atom stereocenters. The van der Waals surface area contributed by atoms with Crippen LogP contribution in [0, 0.1) is 11.8 Å². The zero-order chi connectivity index (χ0) is 33.0. The number of nitrogens with one attached hydrogen (secondary N) is 1. The monoisotopic (exact) mass is 619 g/mol. The number of ether oxygens (including phenoxy) is 1. The van der Waals surface area contributed by atoms with Crippen LogP contribution in [0.1, 0.15) is 39.6 Å². The Morgan fingerprint density at radius 2 is 1.82 bits per heavy atom. The molecule has 13 nitrogen and oxygen atoms in total. The van der Waals surface area contributed by atoms with E-state index in [9.17, 15) is 44.4 Å². The number of likely N-dealkylation sites (N-methyl/N-ethyl adjacent to an activating group) is 1. The van der Waals surface area contributed by atoms with E-state index in [1.165, 1.54) is 11.0 Å². The van der Waals surface area contributed by atoms with Crippen LogP contribution in [0.4, 0.5) is 0 Å². The van der Waals surface area contributed by atoms with Crippen LogP contribution in [-0.4, -0.2) is 93.6 Å². The summed E-state index contributed by atoms with van der Waals surface area (Å²) >= 11 is 0. The molecule has 45 heavy (non-hydrogen) atoms. The number of carbonyl (C=O) groups excluding carboxylic acids is 5. The van der Waals surface area contributed by atoms with Crippen molar-refractivity contribution < 1.29 is 49.1 Å². The Morgan fingerprint density at radius 3 is 2.47 bits per heavy atom. The van der Waals surface area contributed by atoms with E-state index in [1.54, 1.807) is 51.4 Å². The highest BCUT2D eigenvalue weighted by molar-refractivity contribution is 6.25. The van der Waals surface area contributed by atoms with E-state index in [-0.39, 0.29) is 42.7 Å². The normalized spacial score (nSPS) is 24.2. The lowest BCUT2D eigenvalue weighted by atomic mass is 9.58. The van der Waals surface area contributed by atoms with Gasteiger partial charge < -0.3 is 36.2 Å². The van der Waals surface area contributed by atoms with Gasteiger partial charge in [-0.15, -0.1) is 0 Å². The zero-order valence-electron chi connectivity index (χ0n) is 24.8. The van der Waals surface area contributed by atoms with Crippen molar-refractivity contribution in [2.45, 2.75) is 31.4 Å². The van der Waals surface area contributed by atoms with E-state index < -0.39 is 75.7 Å². The first-order chi connectivity index (χ1) is 21.2. The highest BCUT2D eigenvalue weighted by Gasteiger charge is 2.63. The average molecular weight is 620 g/mol. The van der Waals surface area contributed by atoms with E-state index >= 15 is 0 Å². The number of Topliss-reactive ketones (excluding diaryl/α,β-unsaturated/α-hetero) is 2. The fraction of sp³-hybridized carbons (Fsp3) is 0.344. The molecule has 2 aromatic rings. The summed E-state index contributed by atoms with van der Waals surface area (Å²) in [6.07, 6.45) is 0.0225. The number of phenols is 1. The molecule has 0 spiro atoms. The molecule has 7 N–H and O–H groups in total. The molecule has 0 saturated heterocycles. The number of aromatic hydroxyl groups is 1. The molecular formula is C32H33N3O10. The summed E-state index contributed by atoms with van der Waals surface area (Å²) in [4.78, 5) is 65.5. The van der Waals surface area contributed by atoms with Crippen LogP contribution in [0.2, 0.25) is 0 Å². The largest absolute Gasteiger partial charge is 0.510 e. The number of carbonyl (C=O) groups is 5. The third kappa shape index (κ3) is 4.93. The van der Waals surface area contributed by atoms with Gasteiger partial charge in [-0.1, -0.05) is 18.2 Å². The number of hydrogen-bond donors (Lipinski definition) is 6. The molecule has 0 radical (unpaired) electrons. The molecule has 0 aromatic heterocycles. The van der Waals surface area contributed by atoms with Crippen molar-refractivity contribution in [2.24, 2.45) is 17.6 Å². The molecule has 0 saturated carbocycles. The molecule has 4 atom stereocenters. The van der Waals surface area contributed by atoms with Crippen molar-refractivity contribution >= 4 is 29.4 Å². The third-order valence-corrected chi connectivity index (χ3v) is 8.74. The minimum absolute atomic E-state index is 0.0584. The first kappa shape index (κ1) is 31.4. The number of aliphatic hydroxyl groups is 3. The number of ketones is 2. The highest BCUT2D eigenvalue weighted by Crippen LogP contribution is 2.53. The SMILES string of the molecule is CCOC(=O)CNC(=O)c1cccc(-c2ccc(O)c3c2C[C@H]2C[C@H]4[C@H](N(C)C)C(O)=C(C(N)=O)C(=O)[C@@]4(O)C(O)=C2C3=O)c1. The number of benzene rings is 2. The Hall–Kier alpha value is -5.01. The van der Waals surface area contributed by atoms with Crippen LogP contribution in [0.5, 0.6) is 5.75 Å². The number of aliphatic hydroxyl groups excluding tert-OH is 2. The van der Waals surface area contributed by atoms with Crippen molar-refractivity contribution in [3.63, 3.8) is 0 Å². The van der Waals surface area contributed by atoms with Crippen LogP contribution in [0.15, 0.2) is 59.1 Å². The van der Waals surface area contributed by atoms with E-state index in [1.807, 2.05) is 0 Å². The van der Waals surface area contributed by atoms with Crippen LogP contribution >= 0.6 is 0 Å². The summed E-state index contributed by atoms with van der Waals surface area (Å²) < 4.78 is 4.84. The summed E-state index contributed by atoms with van der Waals surface area (Å²) in [5, 5.41) is 47.5. The van der Waals surface area contributed by atoms with Crippen LogP contribution in [0.3, 0.4) is 0 Å². The Morgan fingerprint density at radius 1 is 1.11 bits per heavy atom. The minimum Gasteiger partial charge on any atom is -0.510 e. The number of primary amides is 1. The van der Waals surface area contributed by atoms with Gasteiger partial charge in [0.05, 0.1) is 18.2 Å². The van der Waals surface area contributed by atoms with Gasteiger partial charge in [0.2, 0.25) is 5.78 Å². The second-order valence-electron chi connectivity index (χ2n) is 11.5. The van der Waals surface area contributed by atoms with Gasteiger partial charge in [0.1, 0.15) is 29.4 Å². The van der Waals surface area contributed by atoms with Crippen molar-refractivity contribution in [1.29, 1.82) is 0 Å². The van der Waals surface area contributed by atoms with Crippen molar-refractivity contribution in [2.75, 3.05) is 27.2 Å². The van der Waals surface area contributed by atoms with Gasteiger partial charge in [0, 0.05) is 17.1 Å². The number of fused-ring (bicyclic) bond motifs is 3. The number of hydrogen-bond acceptors (Lipinski definition) is 11. The molecule has 2 aromatic carbocycles. The quantitative estimate of drug-likeness (QED) is 0.190. The van der Waals surface area contributed by atoms with Crippen molar-refractivity contribution in [3.8, 4) is 16.9 Å². The molecule has 0 aliphatic heterocycles. The van der Waals surface area contributed by atoms with Gasteiger partial charge in [-0.25, -0.2) is 0 Å². The average Bonchev–Trinajstić information content (AvgIpc) is 2.97. The number of nitrogens with zero attached hydrogens (tertiary/aromatic N) is 1. The summed E-state index contributed by atoms with van der Waals surface area (Å²) in [5.74, 6) is -8.46. The van der Waals surface area contributed by atoms with Gasteiger partial charge in [0.25, 0.3) is 11.8 Å². The lowest BCUT2D eigenvalue weighted by Crippen LogP contribution is -2.63. The molecule has 236 valence electrons. The second-order valence-corrected chi connectivity index (χ2v) is 11.5. The van der Waals surface area contributed by atoms with Gasteiger partial charge in [-0.2, -0.15) is 0 Å². The fourth-order valence-electron chi connectivity index (χ4n) is 6.82.